The predicted octanol–water partition coefficient (Wildman–Crippen LogP) is 1.56. The maximum Gasteiger partial charge on any atom is 0.184 e. The first kappa shape index (κ1) is 15.6. The summed E-state index contributed by atoms with van der Waals surface area (Å²) in [4.78, 5) is 0. The lowest BCUT2D eigenvalue weighted by molar-refractivity contribution is -0.303. The zero-order valence-electron chi connectivity index (χ0n) is 12.4. The van der Waals surface area contributed by atoms with E-state index in [2.05, 4.69) is 6.58 Å². The Hall–Kier alpha value is -1.24. The Kier molecular flexibility index (Phi) is 4.90. The maximum absolute atomic E-state index is 10.2. The van der Waals surface area contributed by atoms with Gasteiger partial charge in [0.25, 0.3) is 0 Å². The third-order valence-corrected chi connectivity index (χ3v) is 4.20. The first-order valence-electron chi connectivity index (χ1n) is 7.63. The van der Waals surface area contributed by atoms with Crippen LogP contribution in [0.1, 0.15) is 24.7 Å². The highest BCUT2D eigenvalue weighted by Crippen LogP contribution is 2.34. The minimum Gasteiger partial charge on any atom is -0.390 e. The lowest BCUT2D eigenvalue weighted by Gasteiger charge is -2.44. The van der Waals surface area contributed by atoms with Gasteiger partial charge in [0, 0.05) is 18.4 Å². The van der Waals surface area contributed by atoms with Crippen LogP contribution in [0.3, 0.4) is 0 Å². The number of hydrogen-bond donors (Lipinski definition) is 2. The van der Waals surface area contributed by atoms with Gasteiger partial charge in [-0.25, -0.2) is 0 Å². The summed E-state index contributed by atoms with van der Waals surface area (Å²) in [5, 5.41) is 19.9. The van der Waals surface area contributed by atoms with E-state index < -0.39 is 24.6 Å². The Morgan fingerprint density at radius 1 is 1.23 bits per heavy atom. The van der Waals surface area contributed by atoms with Gasteiger partial charge in [0.15, 0.2) is 6.29 Å². The molecule has 0 bridgehead atoms. The number of aliphatic hydroxyl groups is 2. The second kappa shape index (κ2) is 6.89. The third-order valence-electron chi connectivity index (χ3n) is 4.20. The number of fused-ring (bicyclic) bond motifs is 1. The van der Waals surface area contributed by atoms with E-state index in [4.69, 9.17) is 14.2 Å². The Balaban J connectivity index is 1.62. The lowest BCUT2D eigenvalue weighted by Crippen LogP contribution is -2.53. The second-order valence-corrected chi connectivity index (χ2v) is 5.81. The smallest absolute Gasteiger partial charge is 0.184 e. The molecular weight excluding hydrogens is 284 g/mol. The summed E-state index contributed by atoms with van der Waals surface area (Å²) in [5.41, 5.74) is 0.958. The molecule has 3 rings (SSSR count). The first-order valence-corrected chi connectivity index (χ1v) is 7.63. The van der Waals surface area contributed by atoms with Crippen LogP contribution in [0.2, 0.25) is 0 Å². The van der Waals surface area contributed by atoms with Gasteiger partial charge in [-0.1, -0.05) is 36.4 Å². The summed E-state index contributed by atoms with van der Waals surface area (Å²) in [7, 11) is 0. The molecule has 2 fully saturated rings. The molecule has 1 aromatic rings. The highest BCUT2D eigenvalue weighted by atomic mass is 16.7. The summed E-state index contributed by atoms with van der Waals surface area (Å²) in [6.07, 6.45) is -0.354. The number of hydrogen-bond acceptors (Lipinski definition) is 5. The van der Waals surface area contributed by atoms with Gasteiger partial charge >= 0.3 is 0 Å². The summed E-state index contributed by atoms with van der Waals surface area (Å²) >= 11 is 0. The molecule has 0 saturated carbocycles. The summed E-state index contributed by atoms with van der Waals surface area (Å²) < 4.78 is 17.5. The van der Waals surface area contributed by atoms with Crippen molar-refractivity contribution in [2.75, 3.05) is 6.61 Å². The van der Waals surface area contributed by atoms with Crippen LogP contribution in [-0.4, -0.2) is 47.3 Å². The first-order chi connectivity index (χ1) is 10.7. The zero-order valence-corrected chi connectivity index (χ0v) is 12.4. The fourth-order valence-corrected chi connectivity index (χ4v) is 2.95. The van der Waals surface area contributed by atoms with Crippen LogP contribution >= 0.6 is 0 Å². The van der Waals surface area contributed by atoms with Crippen LogP contribution in [0.4, 0.5) is 0 Å². The van der Waals surface area contributed by atoms with E-state index in [1.165, 1.54) is 6.08 Å². The topological polar surface area (TPSA) is 68.2 Å². The molecule has 0 spiro atoms. The lowest BCUT2D eigenvalue weighted by atomic mass is 9.94. The summed E-state index contributed by atoms with van der Waals surface area (Å²) in [5.74, 6) is 0. The number of rotatable bonds is 4. The molecule has 2 N–H and O–H groups in total. The van der Waals surface area contributed by atoms with E-state index in [-0.39, 0.29) is 12.2 Å². The monoisotopic (exact) mass is 306 g/mol. The van der Waals surface area contributed by atoms with Crippen molar-refractivity contribution in [2.45, 2.75) is 49.7 Å². The average Bonchev–Trinajstić information content (AvgIpc) is 2.55. The van der Waals surface area contributed by atoms with E-state index in [0.29, 0.717) is 19.4 Å². The van der Waals surface area contributed by atoms with Gasteiger partial charge in [0.2, 0.25) is 0 Å². The highest BCUT2D eigenvalue weighted by molar-refractivity contribution is 5.16. The fraction of sp³-hybridized carbons (Fsp3) is 0.529. The molecule has 2 saturated heterocycles. The van der Waals surface area contributed by atoms with E-state index in [1.807, 2.05) is 30.3 Å². The molecule has 2 aliphatic heterocycles. The van der Waals surface area contributed by atoms with Gasteiger partial charge in [-0.15, -0.1) is 6.58 Å². The Bertz CT molecular complexity index is 491. The molecule has 22 heavy (non-hydrogen) atoms. The van der Waals surface area contributed by atoms with E-state index in [1.54, 1.807) is 0 Å². The van der Waals surface area contributed by atoms with Gasteiger partial charge in [-0.3, -0.25) is 0 Å². The van der Waals surface area contributed by atoms with Gasteiger partial charge in [-0.05, 0) is 0 Å². The Morgan fingerprint density at radius 3 is 2.73 bits per heavy atom. The van der Waals surface area contributed by atoms with Crippen LogP contribution in [0.15, 0.2) is 43.0 Å². The molecular formula is C17H22O5. The van der Waals surface area contributed by atoms with Gasteiger partial charge in [0.05, 0.1) is 31.0 Å². The quantitative estimate of drug-likeness (QED) is 0.826. The minimum absolute atomic E-state index is 0.203. The molecule has 2 heterocycles. The van der Waals surface area contributed by atoms with Crippen LogP contribution in [0.5, 0.6) is 0 Å². The highest BCUT2D eigenvalue weighted by Gasteiger charge is 2.42. The maximum atomic E-state index is 10.2. The zero-order chi connectivity index (χ0) is 15.5. The molecule has 1 aromatic carbocycles. The van der Waals surface area contributed by atoms with Crippen molar-refractivity contribution in [3.05, 3.63) is 48.6 Å². The Labute approximate surface area is 130 Å². The van der Waals surface area contributed by atoms with Gasteiger partial charge < -0.3 is 24.4 Å². The van der Waals surface area contributed by atoms with E-state index in [9.17, 15) is 10.2 Å². The molecule has 5 nitrogen and oxygen atoms in total. The van der Waals surface area contributed by atoms with Crippen molar-refractivity contribution in [2.24, 2.45) is 0 Å². The average molecular weight is 306 g/mol. The van der Waals surface area contributed by atoms with E-state index in [0.717, 1.165) is 5.56 Å². The van der Waals surface area contributed by atoms with Crippen molar-refractivity contribution in [3.8, 4) is 0 Å². The number of ether oxygens (including phenoxy) is 3. The number of benzene rings is 1. The SMILES string of the molecule is C=C[C@H](O)C[C@@H]1O[C@@H]2CO[C@@H](c3ccccc3)O[C@H]2C[C@H]1O. The molecule has 0 amide bonds. The Morgan fingerprint density at radius 2 is 2.00 bits per heavy atom. The van der Waals surface area contributed by atoms with Gasteiger partial charge in [0.1, 0.15) is 6.10 Å². The molecule has 0 radical (unpaired) electrons. The molecule has 0 unspecified atom stereocenters. The predicted molar refractivity (Wildman–Crippen MR) is 80.1 cm³/mol. The molecule has 2 aliphatic rings. The largest absolute Gasteiger partial charge is 0.390 e. The van der Waals surface area contributed by atoms with Crippen molar-refractivity contribution in [1.82, 2.24) is 0 Å². The van der Waals surface area contributed by atoms with Crippen LogP contribution in [-0.2, 0) is 14.2 Å². The number of aliphatic hydroxyl groups excluding tert-OH is 2. The normalized spacial score (nSPS) is 36.4. The third kappa shape index (κ3) is 3.39. The van der Waals surface area contributed by atoms with Gasteiger partial charge in [-0.2, -0.15) is 0 Å². The van der Waals surface area contributed by atoms with Crippen LogP contribution in [0, 0.1) is 0 Å². The molecule has 6 atom stereocenters. The van der Waals surface area contributed by atoms with Crippen molar-refractivity contribution >= 4 is 0 Å². The standard InChI is InChI=1S/C17H22O5/c1-2-12(18)8-14-13(19)9-15-16(21-14)10-20-17(22-15)11-6-4-3-5-7-11/h2-7,12-19H,1,8-10H2/t12-,13+,14-,15-,16+,17+/m0/s1. The molecule has 5 heteroatoms. The second-order valence-electron chi connectivity index (χ2n) is 5.81. The van der Waals surface area contributed by atoms with Crippen LogP contribution < -0.4 is 0 Å². The van der Waals surface area contributed by atoms with Crippen LogP contribution in [0.25, 0.3) is 0 Å². The molecule has 120 valence electrons. The van der Waals surface area contributed by atoms with E-state index >= 15 is 0 Å². The summed E-state index contributed by atoms with van der Waals surface area (Å²) in [6, 6.07) is 9.72. The van der Waals surface area contributed by atoms with Crippen molar-refractivity contribution in [1.29, 1.82) is 0 Å². The van der Waals surface area contributed by atoms with Crippen molar-refractivity contribution < 1.29 is 24.4 Å². The van der Waals surface area contributed by atoms with Crippen molar-refractivity contribution in [3.63, 3.8) is 0 Å². The molecule has 0 aliphatic carbocycles. The fourth-order valence-electron chi connectivity index (χ4n) is 2.95. The minimum atomic E-state index is -0.682. The molecule has 0 aromatic heterocycles. The summed E-state index contributed by atoms with van der Waals surface area (Å²) in [6.45, 7) is 3.95.